The minimum atomic E-state index is -3.22. The van der Waals surface area contributed by atoms with Gasteiger partial charge in [0.25, 0.3) is 0 Å². The summed E-state index contributed by atoms with van der Waals surface area (Å²) in [6, 6.07) is 13.8. The molecule has 0 bridgehead atoms. The standard InChI is InChI=1S/C21H21BrClN3O3S/c1-30(27,28)25-10-8-21(9-11-25)26-19(17-12-15(22)4-7-20(17)29-21)13-18(24-26)14-2-5-16(23)6-3-14/h2-7,12,19H,8-11,13H2,1H3/t19-/m1/s1. The summed E-state index contributed by atoms with van der Waals surface area (Å²) in [5.41, 5.74) is 2.46. The molecule has 2 aromatic rings. The molecule has 3 aliphatic heterocycles. The van der Waals surface area contributed by atoms with Crippen LogP contribution in [0.25, 0.3) is 0 Å². The van der Waals surface area contributed by atoms with E-state index in [4.69, 9.17) is 21.4 Å². The molecule has 0 radical (unpaired) electrons. The number of halogens is 2. The zero-order valence-corrected chi connectivity index (χ0v) is 19.5. The largest absolute Gasteiger partial charge is 0.466 e. The fourth-order valence-electron chi connectivity index (χ4n) is 4.57. The first-order valence-electron chi connectivity index (χ1n) is 9.82. The number of hydrogen-bond acceptors (Lipinski definition) is 5. The van der Waals surface area contributed by atoms with Crippen LogP contribution in [0.3, 0.4) is 0 Å². The van der Waals surface area contributed by atoms with E-state index in [2.05, 4.69) is 27.0 Å². The van der Waals surface area contributed by atoms with Crippen LogP contribution in [-0.4, -0.2) is 48.5 Å². The zero-order chi connectivity index (χ0) is 21.1. The molecule has 0 saturated carbocycles. The van der Waals surface area contributed by atoms with Crippen molar-refractivity contribution in [3.63, 3.8) is 0 Å². The lowest BCUT2D eigenvalue weighted by Gasteiger charge is -2.50. The summed E-state index contributed by atoms with van der Waals surface area (Å²) in [6.45, 7) is 0.833. The summed E-state index contributed by atoms with van der Waals surface area (Å²) in [5.74, 6) is 0.847. The third-order valence-corrected chi connectivity index (χ3v) is 8.16. The van der Waals surface area contributed by atoms with Crippen molar-refractivity contribution in [1.82, 2.24) is 9.31 Å². The van der Waals surface area contributed by atoms with Gasteiger partial charge in [-0.1, -0.05) is 39.7 Å². The van der Waals surface area contributed by atoms with Crippen LogP contribution in [0.2, 0.25) is 5.02 Å². The Labute approximate surface area is 189 Å². The molecule has 6 nitrogen and oxygen atoms in total. The van der Waals surface area contributed by atoms with Crippen LogP contribution in [0.1, 0.15) is 36.4 Å². The summed E-state index contributed by atoms with van der Waals surface area (Å²) < 4.78 is 33.1. The number of rotatable bonds is 2. The van der Waals surface area contributed by atoms with Crippen LogP contribution in [0.15, 0.2) is 52.0 Å². The van der Waals surface area contributed by atoms with Gasteiger partial charge in [0.2, 0.25) is 15.7 Å². The van der Waals surface area contributed by atoms with Gasteiger partial charge >= 0.3 is 0 Å². The fourth-order valence-corrected chi connectivity index (χ4v) is 5.92. The Balaban J connectivity index is 1.55. The van der Waals surface area contributed by atoms with Gasteiger partial charge in [0.1, 0.15) is 5.75 Å². The molecule has 0 N–H and O–H groups in total. The molecular weight excluding hydrogens is 490 g/mol. The molecule has 1 saturated heterocycles. The number of hydrogen-bond donors (Lipinski definition) is 0. The quantitative estimate of drug-likeness (QED) is 0.601. The van der Waals surface area contributed by atoms with Crippen molar-refractivity contribution in [2.24, 2.45) is 5.10 Å². The molecule has 158 valence electrons. The van der Waals surface area contributed by atoms with Crippen LogP contribution < -0.4 is 4.74 Å². The second-order valence-corrected chi connectivity index (χ2v) is 11.3. The summed E-state index contributed by atoms with van der Waals surface area (Å²) in [4.78, 5) is 0. The van der Waals surface area contributed by atoms with E-state index in [0.717, 1.165) is 33.5 Å². The van der Waals surface area contributed by atoms with E-state index < -0.39 is 15.7 Å². The summed E-state index contributed by atoms with van der Waals surface area (Å²) in [6.07, 6.45) is 3.13. The number of ether oxygens (including phenoxy) is 1. The first kappa shape index (κ1) is 20.3. The minimum Gasteiger partial charge on any atom is -0.466 e. The summed E-state index contributed by atoms with van der Waals surface area (Å²) >= 11 is 9.64. The normalized spacial score (nSPS) is 23.0. The van der Waals surface area contributed by atoms with Gasteiger partial charge in [-0.25, -0.2) is 17.7 Å². The zero-order valence-electron chi connectivity index (χ0n) is 16.4. The third kappa shape index (κ3) is 3.43. The molecule has 1 atom stereocenters. The van der Waals surface area contributed by atoms with Crippen LogP contribution in [0, 0.1) is 0 Å². The lowest BCUT2D eigenvalue weighted by Crippen LogP contribution is -2.59. The number of nitrogens with zero attached hydrogens (tertiary/aromatic N) is 3. The van der Waals surface area contributed by atoms with Crippen molar-refractivity contribution < 1.29 is 13.2 Å². The Morgan fingerprint density at radius 3 is 2.53 bits per heavy atom. The van der Waals surface area contributed by atoms with Crippen molar-refractivity contribution in [3.05, 3.63) is 63.1 Å². The van der Waals surface area contributed by atoms with Gasteiger partial charge in [0, 0.05) is 47.4 Å². The van der Waals surface area contributed by atoms with Crippen molar-refractivity contribution in [1.29, 1.82) is 0 Å². The number of hydrazone groups is 1. The maximum Gasteiger partial charge on any atom is 0.211 e. The van der Waals surface area contributed by atoms with Crippen LogP contribution in [0.5, 0.6) is 5.75 Å². The molecule has 0 unspecified atom stereocenters. The predicted octanol–water partition coefficient (Wildman–Crippen LogP) is 4.40. The first-order chi connectivity index (χ1) is 14.2. The monoisotopic (exact) mass is 509 g/mol. The lowest BCUT2D eigenvalue weighted by molar-refractivity contribution is -0.143. The highest BCUT2D eigenvalue weighted by Gasteiger charge is 2.52. The Bertz CT molecular complexity index is 1130. The van der Waals surface area contributed by atoms with E-state index in [1.807, 2.05) is 36.4 Å². The van der Waals surface area contributed by atoms with Crippen LogP contribution in [0.4, 0.5) is 0 Å². The van der Waals surface area contributed by atoms with E-state index in [9.17, 15) is 8.42 Å². The smallest absolute Gasteiger partial charge is 0.211 e. The summed E-state index contributed by atoms with van der Waals surface area (Å²) in [5, 5.41) is 7.77. The van der Waals surface area contributed by atoms with Gasteiger partial charge < -0.3 is 4.74 Å². The topological polar surface area (TPSA) is 62.2 Å². The van der Waals surface area contributed by atoms with Gasteiger partial charge in [-0.15, -0.1) is 0 Å². The van der Waals surface area contributed by atoms with Crippen molar-refractivity contribution in [3.8, 4) is 5.75 Å². The minimum absolute atomic E-state index is 0.0433. The Morgan fingerprint density at radius 2 is 1.87 bits per heavy atom. The molecule has 1 fully saturated rings. The van der Waals surface area contributed by atoms with Gasteiger partial charge in [-0.2, -0.15) is 5.10 Å². The molecular formula is C21H21BrClN3O3S. The second kappa shape index (κ2) is 7.22. The van der Waals surface area contributed by atoms with Gasteiger partial charge in [-0.3, -0.25) is 0 Å². The third-order valence-electron chi connectivity index (χ3n) is 6.11. The van der Waals surface area contributed by atoms with E-state index in [-0.39, 0.29) is 6.04 Å². The highest BCUT2D eigenvalue weighted by Crippen LogP contribution is 2.50. The average Bonchev–Trinajstić information content (AvgIpc) is 3.16. The number of sulfonamides is 1. The van der Waals surface area contributed by atoms with E-state index in [1.54, 1.807) is 0 Å². The second-order valence-electron chi connectivity index (χ2n) is 8.01. The Morgan fingerprint density at radius 1 is 1.17 bits per heavy atom. The first-order valence-corrected chi connectivity index (χ1v) is 12.8. The Hall–Kier alpha value is -1.61. The maximum atomic E-state index is 12.0. The average molecular weight is 511 g/mol. The van der Waals surface area contributed by atoms with E-state index in [0.29, 0.717) is 31.0 Å². The van der Waals surface area contributed by atoms with Crippen molar-refractivity contribution in [2.75, 3.05) is 19.3 Å². The lowest BCUT2D eigenvalue weighted by atomic mass is 9.91. The highest BCUT2D eigenvalue weighted by molar-refractivity contribution is 9.10. The van der Waals surface area contributed by atoms with Crippen LogP contribution >= 0.6 is 27.5 Å². The highest BCUT2D eigenvalue weighted by atomic mass is 79.9. The molecule has 30 heavy (non-hydrogen) atoms. The van der Waals surface area contributed by atoms with Crippen molar-refractivity contribution in [2.45, 2.75) is 31.0 Å². The molecule has 9 heteroatoms. The summed E-state index contributed by atoms with van der Waals surface area (Å²) in [7, 11) is -3.22. The van der Waals surface area contributed by atoms with E-state index >= 15 is 0 Å². The number of piperidine rings is 1. The molecule has 0 amide bonds. The maximum absolute atomic E-state index is 12.0. The Kier molecular flexibility index (Phi) is 4.89. The molecule has 0 aliphatic carbocycles. The SMILES string of the molecule is CS(=O)(=O)N1CCC2(CC1)Oc1ccc(Br)cc1[C@H]1CC(c3ccc(Cl)cc3)=NN12. The van der Waals surface area contributed by atoms with Crippen molar-refractivity contribution >= 4 is 43.3 Å². The fraction of sp³-hybridized carbons (Fsp3) is 0.381. The molecule has 5 rings (SSSR count). The van der Waals surface area contributed by atoms with Crippen LogP contribution in [-0.2, 0) is 10.0 Å². The molecule has 1 spiro atoms. The van der Waals surface area contributed by atoms with Gasteiger partial charge in [0.05, 0.1) is 18.0 Å². The van der Waals surface area contributed by atoms with Gasteiger partial charge in [-0.05, 0) is 35.9 Å². The molecule has 3 heterocycles. The predicted molar refractivity (Wildman–Crippen MR) is 120 cm³/mol. The number of fused-ring (bicyclic) bond motifs is 4. The molecule has 3 aliphatic rings. The molecule has 2 aromatic carbocycles. The molecule has 0 aromatic heterocycles. The van der Waals surface area contributed by atoms with Gasteiger partial charge in [0.15, 0.2) is 0 Å². The number of benzene rings is 2. The van der Waals surface area contributed by atoms with E-state index in [1.165, 1.54) is 10.6 Å².